The number of aromatic amines is 1. The Balaban J connectivity index is 1.34. The molecule has 0 saturated carbocycles. The standard InChI is InChI=1S/C23H19N3O/c1-2-4-18(5-3-1)6-7-19-8-10-20(11-9-19)17-27-21-12-13-22(24-16-21)23-14-15-25-26-23/h1-16H,17H2,(H,25,26)/b7-6+. The normalized spacial score (nSPS) is 11.0. The van der Waals surface area contributed by atoms with E-state index in [0.717, 1.165) is 28.3 Å². The summed E-state index contributed by atoms with van der Waals surface area (Å²) in [5.74, 6) is 0.742. The minimum Gasteiger partial charge on any atom is -0.487 e. The van der Waals surface area contributed by atoms with Crippen molar-refractivity contribution in [3.63, 3.8) is 0 Å². The number of pyridine rings is 1. The van der Waals surface area contributed by atoms with Gasteiger partial charge in [0.25, 0.3) is 0 Å². The molecule has 0 radical (unpaired) electrons. The average Bonchev–Trinajstić information content (AvgIpc) is 3.28. The second-order valence-electron chi connectivity index (χ2n) is 6.12. The van der Waals surface area contributed by atoms with Crippen LogP contribution in [-0.2, 0) is 6.61 Å². The van der Waals surface area contributed by atoms with Gasteiger partial charge in [-0.3, -0.25) is 10.1 Å². The zero-order valence-electron chi connectivity index (χ0n) is 14.7. The maximum atomic E-state index is 5.83. The van der Waals surface area contributed by atoms with Crippen molar-refractivity contribution in [2.45, 2.75) is 6.61 Å². The first-order valence-electron chi connectivity index (χ1n) is 8.77. The lowest BCUT2D eigenvalue weighted by Gasteiger charge is -2.07. The zero-order valence-corrected chi connectivity index (χ0v) is 14.7. The van der Waals surface area contributed by atoms with Crippen LogP contribution in [0.25, 0.3) is 23.5 Å². The molecule has 0 spiro atoms. The first-order chi connectivity index (χ1) is 13.4. The van der Waals surface area contributed by atoms with Crippen LogP contribution >= 0.6 is 0 Å². The van der Waals surface area contributed by atoms with Gasteiger partial charge in [-0.1, -0.05) is 66.7 Å². The summed E-state index contributed by atoms with van der Waals surface area (Å²) >= 11 is 0. The van der Waals surface area contributed by atoms with Crippen molar-refractivity contribution in [3.8, 4) is 17.1 Å². The van der Waals surface area contributed by atoms with E-state index in [2.05, 4.69) is 63.7 Å². The number of nitrogens with zero attached hydrogens (tertiary/aromatic N) is 2. The van der Waals surface area contributed by atoms with Gasteiger partial charge in [0.1, 0.15) is 12.4 Å². The Morgan fingerprint density at radius 1 is 0.815 bits per heavy atom. The average molecular weight is 353 g/mol. The molecule has 132 valence electrons. The second kappa shape index (κ2) is 8.15. The number of nitrogens with one attached hydrogen (secondary N) is 1. The quantitative estimate of drug-likeness (QED) is 0.483. The van der Waals surface area contributed by atoms with Crippen LogP contribution in [0.4, 0.5) is 0 Å². The first-order valence-corrected chi connectivity index (χ1v) is 8.77. The van der Waals surface area contributed by atoms with E-state index in [1.807, 2.05) is 36.4 Å². The Labute approximate surface area is 158 Å². The molecule has 0 unspecified atom stereocenters. The molecule has 4 aromatic rings. The molecule has 0 saturated heterocycles. The van der Waals surface area contributed by atoms with Crippen LogP contribution in [-0.4, -0.2) is 15.2 Å². The lowest BCUT2D eigenvalue weighted by Crippen LogP contribution is -1.96. The highest BCUT2D eigenvalue weighted by atomic mass is 16.5. The summed E-state index contributed by atoms with van der Waals surface area (Å²) in [6.07, 6.45) is 7.66. The maximum absolute atomic E-state index is 5.83. The summed E-state index contributed by atoms with van der Waals surface area (Å²) < 4.78 is 5.83. The third kappa shape index (κ3) is 4.50. The van der Waals surface area contributed by atoms with E-state index in [9.17, 15) is 0 Å². The number of hydrogen-bond acceptors (Lipinski definition) is 3. The summed E-state index contributed by atoms with van der Waals surface area (Å²) in [7, 11) is 0. The molecule has 0 aliphatic carbocycles. The minimum absolute atomic E-state index is 0.508. The Hall–Kier alpha value is -3.66. The Kier molecular flexibility index (Phi) is 5.07. The summed E-state index contributed by atoms with van der Waals surface area (Å²) in [6.45, 7) is 0.508. The molecule has 2 heterocycles. The molecular formula is C23H19N3O. The van der Waals surface area contributed by atoms with Crippen LogP contribution in [0.3, 0.4) is 0 Å². The molecule has 0 aliphatic rings. The van der Waals surface area contributed by atoms with Crippen LogP contribution in [0.2, 0.25) is 0 Å². The third-order valence-corrected chi connectivity index (χ3v) is 4.17. The van der Waals surface area contributed by atoms with Gasteiger partial charge in [0, 0.05) is 6.20 Å². The summed E-state index contributed by atoms with van der Waals surface area (Å²) in [5.41, 5.74) is 5.20. The van der Waals surface area contributed by atoms with Gasteiger partial charge < -0.3 is 4.74 Å². The Morgan fingerprint density at radius 2 is 1.59 bits per heavy atom. The van der Waals surface area contributed by atoms with E-state index < -0.39 is 0 Å². The lowest BCUT2D eigenvalue weighted by atomic mass is 10.1. The van der Waals surface area contributed by atoms with Crippen molar-refractivity contribution in [1.29, 1.82) is 0 Å². The molecular weight excluding hydrogens is 334 g/mol. The van der Waals surface area contributed by atoms with Gasteiger partial charge in [-0.05, 0) is 34.9 Å². The fourth-order valence-corrected chi connectivity index (χ4v) is 2.67. The molecule has 27 heavy (non-hydrogen) atoms. The number of benzene rings is 2. The summed E-state index contributed by atoms with van der Waals surface area (Å²) in [6, 6.07) is 24.3. The molecule has 0 amide bonds. The smallest absolute Gasteiger partial charge is 0.138 e. The number of hydrogen-bond donors (Lipinski definition) is 1. The fraction of sp³-hybridized carbons (Fsp3) is 0.0435. The molecule has 1 N–H and O–H groups in total. The van der Waals surface area contributed by atoms with Crippen molar-refractivity contribution in [2.24, 2.45) is 0 Å². The topological polar surface area (TPSA) is 50.8 Å². The van der Waals surface area contributed by atoms with E-state index in [1.54, 1.807) is 12.4 Å². The van der Waals surface area contributed by atoms with Crippen LogP contribution in [0.15, 0.2) is 85.2 Å². The van der Waals surface area contributed by atoms with Crippen LogP contribution in [0, 0.1) is 0 Å². The number of ether oxygens (including phenoxy) is 1. The van der Waals surface area contributed by atoms with Crippen molar-refractivity contribution >= 4 is 12.2 Å². The largest absolute Gasteiger partial charge is 0.487 e. The van der Waals surface area contributed by atoms with Gasteiger partial charge in [0.2, 0.25) is 0 Å². The van der Waals surface area contributed by atoms with E-state index >= 15 is 0 Å². The predicted octanol–water partition coefficient (Wildman–Crippen LogP) is 5.22. The Morgan fingerprint density at radius 3 is 2.26 bits per heavy atom. The number of rotatable bonds is 6. The molecule has 0 fully saturated rings. The molecule has 0 aliphatic heterocycles. The highest BCUT2D eigenvalue weighted by molar-refractivity contribution is 5.69. The van der Waals surface area contributed by atoms with Gasteiger partial charge in [-0.25, -0.2) is 0 Å². The molecule has 2 aromatic heterocycles. The molecule has 2 aromatic carbocycles. The van der Waals surface area contributed by atoms with Gasteiger partial charge in [0.15, 0.2) is 0 Å². The van der Waals surface area contributed by atoms with Gasteiger partial charge in [-0.15, -0.1) is 0 Å². The molecule has 4 nitrogen and oxygen atoms in total. The summed E-state index contributed by atoms with van der Waals surface area (Å²) in [5, 5.41) is 6.83. The van der Waals surface area contributed by atoms with E-state index in [1.165, 1.54) is 5.56 Å². The first kappa shape index (κ1) is 16.8. The molecule has 4 rings (SSSR count). The summed E-state index contributed by atoms with van der Waals surface area (Å²) in [4.78, 5) is 4.40. The van der Waals surface area contributed by atoms with Gasteiger partial charge in [-0.2, -0.15) is 5.10 Å². The van der Waals surface area contributed by atoms with Crippen LogP contribution in [0.1, 0.15) is 16.7 Å². The fourth-order valence-electron chi connectivity index (χ4n) is 2.67. The Bertz CT molecular complexity index is 990. The van der Waals surface area contributed by atoms with Crippen molar-refractivity contribution in [3.05, 3.63) is 102 Å². The zero-order chi connectivity index (χ0) is 18.3. The van der Waals surface area contributed by atoms with E-state index in [-0.39, 0.29) is 0 Å². The number of H-pyrrole nitrogens is 1. The van der Waals surface area contributed by atoms with E-state index in [4.69, 9.17) is 4.74 Å². The minimum atomic E-state index is 0.508. The molecule has 0 atom stereocenters. The third-order valence-electron chi connectivity index (χ3n) is 4.17. The predicted molar refractivity (Wildman–Crippen MR) is 108 cm³/mol. The SMILES string of the molecule is C(=C\c1ccc(COc2ccc(-c3ccn[nH]3)nc2)cc1)/c1ccccc1. The van der Waals surface area contributed by atoms with Crippen molar-refractivity contribution < 1.29 is 4.74 Å². The van der Waals surface area contributed by atoms with Crippen molar-refractivity contribution in [2.75, 3.05) is 0 Å². The van der Waals surface area contributed by atoms with E-state index in [0.29, 0.717) is 6.61 Å². The highest BCUT2D eigenvalue weighted by Gasteiger charge is 2.02. The monoisotopic (exact) mass is 353 g/mol. The molecule has 0 bridgehead atoms. The van der Waals surface area contributed by atoms with Gasteiger partial charge in [0.05, 0.1) is 17.6 Å². The molecule has 4 heteroatoms. The highest BCUT2D eigenvalue weighted by Crippen LogP contribution is 2.18. The van der Waals surface area contributed by atoms with Crippen LogP contribution < -0.4 is 4.74 Å². The number of aromatic nitrogens is 3. The maximum Gasteiger partial charge on any atom is 0.138 e. The van der Waals surface area contributed by atoms with Crippen LogP contribution in [0.5, 0.6) is 5.75 Å². The van der Waals surface area contributed by atoms with Gasteiger partial charge >= 0.3 is 0 Å². The lowest BCUT2D eigenvalue weighted by molar-refractivity contribution is 0.305. The second-order valence-corrected chi connectivity index (χ2v) is 6.12. The van der Waals surface area contributed by atoms with Crippen molar-refractivity contribution in [1.82, 2.24) is 15.2 Å².